The molecule has 4 unspecified atom stereocenters. The van der Waals surface area contributed by atoms with Gasteiger partial charge in [-0.05, 0) is 32.8 Å². The van der Waals surface area contributed by atoms with Crippen LogP contribution in [0.1, 0.15) is 59.8 Å². The minimum absolute atomic E-state index is 0.0161. The van der Waals surface area contributed by atoms with E-state index in [1.807, 2.05) is 0 Å². The highest BCUT2D eigenvalue weighted by atomic mass is 16.7. The first-order valence-electron chi connectivity index (χ1n) is 8.14. The molecule has 1 heterocycles. The van der Waals surface area contributed by atoms with E-state index in [9.17, 15) is 5.11 Å². The highest BCUT2D eigenvalue weighted by molar-refractivity contribution is 4.97. The number of aliphatic hydroxyl groups is 2. The third kappa shape index (κ3) is 6.71. The van der Waals surface area contributed by atoms with E-state index >= 15 is 0 Å². The van der Waals surface area contributed by atoms with E-state index in [1.54, 1.807) is 19.9 Å². The Balaban J connectivity index is 2.70. The molecule has 1 aliphatic rings. The second-order valence-electron chi connectivity index (χ2n) is 5.82. The van der Waals surface area contributed by atoms with Crippen LogP contribution in [0.3, 0.4) is 0 Å². The van der Waals surface area contributed by atoms with Gasteiger partial charge in [0.05, 0.1) is 18.0 Å². The van der Waals surface area contributed by atoms with E-state index in [4.69, 9.17) is 19.3 Å². The zero-order valence-electron chi connectivity index (χ0n) is 14.1. The summed E-state index contributed by atoms with van der Waals surface area (Å²) >= 11 is 0. The average molecular weight is 314 g/mol. The Morgan fingerprint density at radius 1 is 1.27 bits per heavy atom. The number of rotatable bonds is 8. The largest absolute Gasteiger partial charge is 0.513 e. The third-order valence-electron chi connectivity index (χ3n) is 3.64. The third-order valence-corrected chi connectivity index (χ3v) is 3.64. The van der Waals surface area contributed by atoms with Crippen LogP contribution in [-0.2, 0) is 14.2 Å². The molecule has 0 saturated carbocycles. The van der Waals surface area contributed by atoms with Crippen LogP contribution in [-0.4, -0.2) is 34.8 Å². The van der Waals surface area contributed by atoms with Gasteiger partial charge in [0.2, 0.25) is 0 Å². The van der Waals surface area contributed by atoms with E-state index < -0.39 is 0 Å². The first-order valence-corrected chi connectivity index (χ1v) is 8.14. The minimum Gasteiger partial charge on any atom is -0.513 e. The van der Waals surface area contributed by atoms with Gasteiger partial charge in [-0.1, -0.05) is 20.3 Å². The summed E-state index contributed by atoms with van der Waals surface area (Å²) in [5.41, 5.74) is 0. The molecule has 0 aromatic heterocycles. The Morgan fingerprint density at radius 3 is 2.50 bits per heavy atom. The lowest BCUT2D eigenvalue weighted by Crippen LogP contribution is -2.39. The minimum atomic E-state index is -0.337. The Morgan fingerprint density at radius 2 is 1.95 bits per heavy atom. The normalized spacial score (nSPS) is 28.5. The van der Waals surface area contributed by atoms with Crippen molar-refractivity contribution in [3.8, 4) is 0 Å². The molecule has 1 fully saturated rings. The molecule has 2 N–H and O–H groups in total. The second kappa shape index (κ2) is 9.74. The van der Waals surface area contributed by atoms with Gasteiger partial charge < -0.3 is 24.4 Å². The van der Waals surface area contributed by atoms with Crippen molar-refractivity contribution in [1.82, 2.24) is 0 Å². The average Bonchev–Trinajstić information content (AvgIpc) is 2.46. The summed E-state index contributed by atoms with van der Waals surface area (Å²) in [7, 11) is 0. The molecule has 0 aliphatic carbocycles. The van der Waals surface area contributed by atoms with Crippen LogP contribution in [0.5, 0.6) is 0 Å². The van der Waals surface area contributed by atoms with Gasteiger partial charge in [0, 0.05) is 12.8 Å². The quantitative estimate of drug-likeness (QED) is 0.652. The van der Waals surface area contributed by atoms with Crippen LogP contribution >= 0.6 is 0 Å². The second-order valence-corrected chi connectivity index (χ2v) is 5.82. The van der Waals surface area contributed by atoms with Crippen molar-refractivity contribution in [2.75, 3.05) is 0 Å². The molecule has 0 amide bonds. The van der Waals surface area contributed by atoms with E-state index in [1.165, 1.54) is 0 Å². The van der Waals surface area contributed by atoms with Gasteiger partial charge in [-0.3, -0.25) is 0 Å². The zero-order valence-corrected chi connectivity index (χ0v) is 14.1. The van der Waals surface area contributed by atoms with E-state index in [0.29, 0.717) is 12.2 Å². The van der Waals surface area contributed by atoms with Crippen LogP contribution in [0.2, 0.25) is 0 Å². The molecule has 128 valence electrons. The summed E-state index contributed by atoms with van der Waals surface area (Å²) in [6.45, 7) is 7.50. The van der Waals surface area contributed by atoms with E-state index in [0.717, 1.165) is 31.9 Å². The molecule has 22 heavy (non-hydrogen) atoms. The molecule has 0 radical (unpaired) electrons. The van der Waals surface area contributed by atoms with Gasteiger partial charge in [0.1, 0.15) is 18.1 Å². The fourth-order valence-corrected chi connectivity index (χ4v) is 2.60. The van der Waals surface area contributed by atoms with Crippen molar-refractivity contribution in [1.29, 1.82) is 0 Å². The molecular formula is C17H30O5. The summed E-state index contributed by atoms with van der Waals surface area (Å²) in [4.78, 5) is 0. The van der Waals surface area contributed by atoms with Crippen LogP contribution in [0, 0.1) is 0 Å². The molecule has 0 bridgehead atoms. The van der Waals surface area contributed by atoms with Crippen molar-refractivity contribution < 1.29 is 24.4 Å². The molecule has 5 nitrogen and oxygen atoms in total. The van der Waals surface area contributed by atoms with Crippen LogP contribution < -0.4 is 0 Å². The lowest BCUT2D eigenvalue weighted by atomic mass is 10.0. The number of ether oxygens (including phenoxy) is 3. The summed E-state index contributed by atoms with van der Waals surface area (Å²) < 4.78 is 17.5. The fourth-order valence-electron chi connectivity index (χ4n) is 2.60. The van der Waals surface area contributed by atoms with Crippen molar-refractivity contribution in [3.63, 3.8) is 0 Å². The Bertz CT molecular complexity index is 373. The molecule has 0 spiro atoms. The van der Waals surface area contributed by atoms with Crippen molar-refractivity contribution in [2.45, 2.75) is 84.4 Å². The molecule has 0 aromatic carbocycles. The number of hydrogen-bond donors (Lipinski definition) is 2. The highest BCUT2D eigenvalue weighted by Crippen LogP contribution is 2.27. The predicted octanol–water partition coefficient (Wildman–Crippen LogP) is 4.35. The number of aliphatic hydroxyl groups excluding tert-OH is 2. The summed E-state index contributed by atoms with van der Waals surface area (Å²) in [5, 5.41) is 18.5. The van der Waals surface area contributed by atoms with Gasteiger partial charge in [-0.2, -0.15) is 0 Å². The Labute approximate surface area is 133 Å². The number of allylic oxidation sites excluding steroid dienone is 2. The van der Waals surface area contributed by atoms with Gasteiger partial charge >= 0.3 is 0 Å². The predicted molar refractivity (Wildman–Crippen MR) is 85.6 cm³/mol. The van der Waals surface area contributed by atoms with Gasteiger partial charge in [0.25, 0.3) is 0 Å². The number of hydrogen-bond acceptors (Lipinski definition) is 5. The maximum Gasteiger partial charge on any atom is 0.158 e. The first kappa shape index (κ1) is 18.8. The highest BCUT2D eigenvalue weighted by Gasteiger charge is 2.30. The van der Waals surface area contributed by atoms with Crippen molar-refractivity contribution in [2.24, 2.45) is 0 Å². The standard InChI is InChI=1S/C17H30O5/c1-5-7-17-21-14(6-2)9-16(22-17)10-15(8-12(3)19)20-13(4)11-18/h8,11,14-19H,5-7,9-10H2,1-4H3/b12-8-,13-11+. The molecule has 4 atom stereocenters. The van der Waals surface area contributed by atoms with Crippen molar-refractivity contribution >= 4 is 0 Å². The van der Waals surface area contributed by atoms with Crippen LogP contribution in [0.15, 0.2) is 23.9 Å². The SMILES string of the molecule is CCCC1OC(CC)CC(CC(/C=C(/C)O)O/C(C)=C/O)O1. The monoisotopic (exact) mass is 314 g/mol. The lowest BCUT2D eigenvalue weighted by molar-refractivity contribution is -0.248. The summed E-state index contributed by atoms with van der Waals surface area (Å²) in [5.74, 6) is 0.603. The summed E-state index contributed by atoms with van der Waals surface area (Å²) in [6, 6.07) is 0. The molecule has 1 aliphatic heterocycles. The Kier molecular flexibility index (Phi) is 8.35. The molecule has 0 aromatic rings. The lowest BCUT2D eigenvalue weighted by Gasteiger charge is -2.36. The molecular weight excluding hydrogens is 284 g/mol. The van der Waals surface area contributed by atoms with Crippen LogP contribution in [0.4, 0.5) is 0 Å². The fraction of sp³-hybridized carbons (Fsp3) is 0.765. The Hall–Kier alpha value is -1.20. The first-order chi connectivity index (χ1) is 10.5. The van der Waals surface area contributed by atoms with E-state index in [-0.39, 0.29) is 30.4 Å². The molecule has 1 rings (SSSR count). The topological polar surface area (TPSA) is 68.2 Å². The van der Waals surface area contributed by atoms with E-state index in [2.05, 4.69) is 13.8 Å². The maximum atomic E-state index is 9.51. The smallest absolute Gasteiger partial charge is 0.158 e. The zero-order chi connectivity index (χ0) is 16.5. The molecule has 5 heteroatoms. The maximum absolute atomic E-state index is 9.51. The molecule has 1 saturated heterocycles. The van der Waals surface area contributed by atoms with Gasteiger partial charge in [0.15, 0.2) is 6.29 Å². The van der Waals surface area contributed by atoms with Crippen LogP contribution in [0.25, 0.3) is 0 Å². The summed E-state index contributed by atoms with van der Waals surface area (Å²) in [6.07, 6.45) is 6.55. The van der Waals surface area contributed by atoms with Gasteiger partial charge in [-0.25, -0.2) is 0 Å². The van der Waals surface area contributed by atoms with Gasteiger partial charge in [-0.15, -0.1) is 0 Å². The van der Waals surface area contributed by atoms with Crippen molar-refractivity contribution in [3.05, 3.63) is 23.9 Å².